The van der Waals surface area contributed by atoms with Crippen molar-refractivity contribution in [3.63, 3.8) is 0 Å². The second-order valence-corrected chi connectivity index (χ2v) is 5.61. The highest BCUT2D eigenvalue weighted by Crippen LogP contribution is 2.48. The van der Waals surface area contributed by atoms with Crippen LogP contribution >= 0.6 is 0 Å². The Morgan fingerprint density at radius 1 is 1.33 bits per heavy atom. The van der Waals surface area contributed by atoms with Crippen LogP contribution in [0, 0.1) is 5.41 Å². The van der Waals surface area contributed by atoms with Gasteiger partial charge in [-0.25, -0.2) is 4.79 Å². The maximum Gasteiger partial charge on any atom is 0.326 e. The molecule has 4 nitrogen and oxygen atoms in total. The first-order valence-corrected chi connectivity index (χ1v) is 7.26. The Morgan fingerprint density at radius 2 is 2.00 bits per heavy atom. The lowest BCUT2D eigenvalue weighted by Gasteiger charge is -2.19. The molecule has 112 valence electrons. The zero-order chi connectivity index (χ0) is 15.3. The van der Waals surface area contributed by atoms with Gasteiger partial charge in [0.05, 0.1) is 5.41 Å². The van der Waals surface area contributed by atoms with E-state index < -0.39 is 17.4 Å². The van der Waals surface area contributed by atoms with E-state index in [0.717, 1.165) is 18.4 Å². The van der Waals surface area contributed by atoms with Crippen LogP contribution in [0.3, 0.4) is 0 Å². The number of hydrogen-bond donors (Lipinski definition) is 2. The molecule has 0 spiro atoms. The van der Waals surface area contributed by atoms with Gasteiger partial charge in [-0.2, -0.15) is 0 Å². The monoisotopic (exact) mass is 287 g/mol. The van der Waals surface area contributed by atoms with E-state index in [0.29, 0.717) is 12.8 Å². The van der Waals surface area contributed by atoms with Crippen molar-refractivity contribution in [2.45, 2.75) is 38.6 Å². The first kappa shape index (κ1) is 15.3. The molecule has 0 bridgehead atoms. The van der Waals surface area contributed by atoms with Crippen molar-refractivity contribution >= 4 is 11.9 Å². The van der Waals surface area contributed by atoms with Crippen molar-refractivity contribution in [2.24, 2.45) is 5.41 Å². The molecular formula is C17H21NO3. The van der Waals surface area contributed by atoms with Gasteiger partial charge in [0.25, 0.3) is 0 Å². The lowest BCUT2D eigenvalue weighted by molar-refractivity contribution is -0.142. The van der Waals surface area contributed by atoms with Crippen molar-refractivity contribution in [2.75, 3.05) is 0 Å². The summed E-state index contributed by atoms with van der Waals surface area (Å²) in [5.74, 6) is -1.12. The zero-order valence-electron chi connectivity index (χ0n) is 12.2. The highest BCUT2D eigenvalue weighted by atomic mass is 16.4. The fourth-order valence-electron chi connectivity index (χ4n) is 2.43. The number of benzene rings is 1. The molecule has 0 aromatic heterocycles. The fraction of sp³-hybridized carbons (Fsp3) is 0.412. The standard InChI is InChI=1S/C17H21NO3/c1-2-3-9-14(15(19)20)18-16(21)17(10-11-17)12-13-7-5-4-6-8-13/h2-8,14H,9-12H2,1H3,(H,18,21)(H,19,20)/b3-2+. The van der Waals surface area contributed by atoms with Gasteiger partial charge in [-0.3, -0.25) is 4.79 Å². The number of carboxylic acid groups (broad SMARTS) is 1. The van der Waals surface area contributed by atoms with Gasteiger partial charge in [-0.05, 0) is 38.2 Å². The minimum atomic E-state index is -0.989. The van der Waals surface area contributed by atoms with Crippen LogP contribution in [0.25, 0.3) is 0 Å². The number of amides is 1. The topological polar surface area (TPSA) is 66.4 Å². The largest absolute Gasteiger partial charge is 0.480 e. The molecule has 4 heteroatoms. The van der Waals surface area contributed by atoms with E-state index in [2.05, 4.69) is 5.32 Å². The molecule has 1 aromatic rings. The number of hydrogen-bond acceptors (Lipinski definition) is 2. The average molecular weight is 287 g/mol. The third-order valence-corrected chi connectivity index (χ3v) is 3.93. The fourth-order valence-corrected chi connectivity index (χ4v) is 2.43. The zero-order valence-corrected chi connectivity index (χ0v) is 12.2. The summed E-state index contributed by atoms with van der Waals surface area (Å²) < 4.78 is 0. The van der Waals surface area contributed by atoms with Gasteiger partial charge >= 0.3 is 5.97 Å². The molecule has 1 fully saturated rings. The maximum atomic E-state index is 12.4. The van der Waals surface area contributed by atoms with Gasteiger partial charge in [-0.15, -0.1) is 0 Å². The van der Waals surface area contributed by atoms with Crippen LogP contribution in [0.2, 0.25) is 0 Å². The summed E-state index contributed by atoms with van der Waals surface area (Å²) in [4.78, 5) is 23.6. The van der Waals surface area contributed by atoms with Crippen molar-refractivity contribution in [3.8, 4) is 0 Å². The molecule has 0 radical (unpaired) electrons. The number of aliphatic carboxylic acids is 1. The van der Waals surface area contributed by atoms with E-state index >= 15 is 0 Å². The van der Waals surface area contributed by atoms with E-state index in [1.54, 1.807) is 12.2 Å². The molecule has 0 aliphatic heterocycles. The molecule has 21 heavy (non-hydrogen) atoms. The summed E-state index contributed by atoms with van der Waals surface area (Å²) in [6, 6.07) is 9.01. The van der Waals surface area contributed by atoms with Crippen molar-refractivity contribution < 1.29 is 14.7 Å². The van der Waals surface area contributed by atoms with E-state index in [9.17, 15) is 14.7 Å². The lowest BCUT2D eigenvalue weighted by Crippen LogP contribution is -2.44. The predicted octanol–water partition coefficient (Wildman–Crippen LogP) is 2.54. The van der Waals surface area contributed by atoms with Crippen molar-refractivity contribution in [1.82, 2.24) is 5.32 Å². The summed E-state index contributed by atoms with van der Waals surface area (Å²) in [5, 5.41) is 11.9. The second kappa shape index (κ2) is 6.57. The first-order chi connectivity index (χ1) is 10.1. The second-order valence-electron chi connectivity index (χ2n) is 5.61. The van der Waals surface area contributed by atoms with E-state index in [-0.39, 0.29) is 5.91 Å². The third kappa shape index (κ3) is 3.94. The molecule has 1 unspecified atom stereocenters. The number of nitrogens with one attached hydrogen (secondary N) is 1. The van der Waals surface area contributed by atoms with Crippen LogP contribution in [0.5, 0.6) is 0 Å². The Hall–Kier alpha value is -2.10. The number of rotatable bonds is 7. The molecular weight excluding hydrogens is 266 g/mol. The molecule has 1 saturated carbocycles. The smallest absolute Gasteiger partial charge is 0.326 e. The highest BCUT2D eigenvalue weighted by molar-refractivity contribution is 5.89. The Morgan fingerprint density at radius 3 is 2.52 bits per heavy atom. The number of carboxylic acids is 1. The Labute approximate surface area is 124 Å². The molecule has 1 aliphatic carbocycles. The van der Waals surface area contributed by atoms with Crippen molar-refractivity contribution in [1.29, 1.82) is 0 Å². The van der Waals surface area contributed by atoms with Crippen LogP contribution in [0.4, 0.5) is 0 Å². The van der Waals surface area contributed by atoms with E-state index in [4.69, 9.17) is 0 Å². The van der Waals surface area contributed by atoms with E-state index in [1.165, 1.54) is 0 Å². The predicted molar refractivity (Wildman–Crippen MR) is 80.8 cm³/mol. The molecule has 1 aromatic carbocycles. The van der Waals surface area contributed by atoms with Crippen LogP contribution in [-0.2, 0) is 16.0 Å². The number of carbonyl (C=O) groups excluding carboxylic acids is 1. The summed E-state index contributed by atoms with van der Waals surface area (Å²) in [5.41, 5.74) is 0.704. The summed E-state index contributed by atoms with van der Waals surface area (Å²) in [7, 11) is 0. The number of allylic oxidation sites excluding steroid dienone is 1. The Kier molecular flexibility index (Phi) is 4.78. The van der Waals surface area contributed by atoms with Crippen LogP contribution < -0.4 is 5.32 Å². The van der Waals surface area contributed by atoms with Gasteiger partial charge in [0.15, 0.2) is 0 Å². The van der Waals surface area contributed by atoms with Crippen LogP contribution in [0.15, 0.2) is 42.5 Å². The third-order valence-electron chi connectivity index (χ3n) is 3.93. The Bertz CT molecular complexity index is 532. The minimum Gasteiger partial charge on any atom is -0.480 e. The van der Waals surface area contributed by atoms with Gasteiger partial charge < -0.3 is 10.4 Å². The van der Waals surface area contributed by atoms with Gasteiger partial charge in [-0.1, -0.05) is 42.5 Å². The van der Waals surface area contributed by atoms with Gasteiger partial charge in [0, 0.05) is 0 Å². The molecule has 0 heterocycles. The van der Waals surface area contributed by atoms with Gasteiger partial charge in [0.2, 0.25) is 5.91 Å². The molecule has 2 N–H and O–H groups in total. The molecule has 2 rings (SSSR count). The number of carbonyl (C=O) groups is 2. The lowest BCUT2D eigenvalue weighted by atomic mass is 9.95. The van der Waals surface area contributed by atoms with Crippen LogP contribution in [-0.4, -0.2) is 23.0 Å². The first-order valence-electron chi connectivity index (χ1n) is 7.26. The summed E-state index contributed by atoms with van der Waals surface area (Å²) in [6.45, 7) is 1.83. The van der Waals surface area contributed by atoms with E-state index in [1.807, 2.05) is 37.3 Å². The molecule has 1 aliphatic rings. The molecule has 1 amide bonds. The highest BCUT2D eigenvalue weighted by Gasteiger charge is 2.50. The SMILES string of the molecule is C/C=C/CC(NC(=O)C1(Cc2ccccc2)CC1)C(=O)O. The summed E-state index contributed by atoms with van der Waals surface area (Å²) >= 11 is 0. The van der Waals surface area contributed by atoms with Gasteiger partial charge in [0.1, 0.15) is 6.04 Å². The Balaban J connectivity index is 2.00. The normalized spacial score (nSPS) is 17.4. The molecule has 1 atom stereocenters. The quantitative estimate of drug-likeness (QED) is 0.757. The van der Waals surface area contributed by atoms with Crippen LogP contribution in [0.1, 0.15) is 31.7 Å². The minimum absolute atomic E-state index is 0.136. The summed E-state index contributed by atoms with van der Waals surface area (Å²) in [6.07, 6.45) is 6.19. The maximum absolute atomic E-state index is 12.4. The average Bonchev–Trinajstić information content (AvgIpc) is 3.25. The molecule has 0 saturated heterocycles. The van der Waals surface area contributed by atoms with Crippen molar-refractivity contribution in [3.05, 3.63) is 48.0 Å².